The van der Waals surface area contributed by atoms with Crippen LogP contribution in [-0.4, -0.2) is 91.2 Å². The number of hydrogen-bond donors (Lipinski definition) is 2. The van der Waals surface area contributed by atoms with Gasteiger partial charge in [-0.3, -0.25) is 14.3 Å². The van der Waals surface area contributed by atoms with Gasteiger partial charge in [0.25, 0.3) is 5.91 Å². The van der Waals surface area contributed by atoms with Crippen LogP contribution in [0, 0.1) is 5.92 Å². The number of nitrogens with one attached hydrogen (secondary N) is 2. The number of amides is 4. The van der Waals surface area contributed by atoms with Gasteiger partial charge in [0.05, 0.1) is 23.4 Å². The number of aromatic nitrogens is 1. The van der Waals surface area contributed by atoms with Crippen LogP contribution in [0.25, 0.3) is 10.8 Å². The zero-order valence-electron chi connectivity index (χ0n) is 24.6. The van der Waals surface area contributed by atoms with Gasteiger partial charge >= 0.3 is 6.03 Å². The Bertz CT molecular complexity index is 1630. The Morgan fingerprint density at radius 2 is 1.98 bits per heavy atom. The minimum absolute atomic E-state index is 0.134. The number of ether oxygens (including phenoxy) is 2. The van der Waals surface area contributed by atoms with E-state index in [9.17, 15) is 22.8 Å². The van der Waals surface area contributed by atoms with Crippen molar-refractivity contribution in [1.82, 2.24) is 24.8 Å². The van der Waals surface area contributed by atoms with Gasteiger partial charge in [-0.1, -0.05) is 12.2 Å². The average molecular weight is 691 g/mol. The van der Waals surface area contributed by atoms with E-state index >= 15 is 0 Å². The number of allylic oxidation sites excluding steroid dienone is 1. The van der Waals surface area contributed by atoms with Crippen molar-refractivity contribution >= 4 is 54.6 Å². The Morgan fingerprint density at radius 1 is 1.18 bits per heavy atom. The molecule has 0 bridgehead atoms. The minimum Gasteiger partial charge on any atom is -0.496 e. The van der Waals surface area contributed by atoms with E-state index in [0.717, 1.165) is 34.5 Å². The quantitative estimate of drug-likeness (QED) is 0.440. The summed E-state index contributed by atoms with van der Waals surface area (Å²) in [4.78, 5) is 48.5. The van der Waals surface area contributed by atoms with Crippen LogP contribution in [0.1, 0.15) is 44.9 Å². The number of benzene rings is 1. The third-order valence-electron chi connectivity index (χ3n) is 8.89. The van der Waals surface area contributed by atoms with Gasteiger partial charge in [0.1, 0.15) is 23.4 Å². The second-order valence-corrected chi connectivity index (χ2v) is 14.8. The lowest BCUT2D eigenvalue weighted by atomic mass is 10.1. The van der Waals surface area contributed by atoms with Crippen molar-refractivity contribution in [3.8, 4) is 11.6 Å². The fourth-order valence-corrected chi connectivity index (χ4v) is 8.08. The Hall–Kier alpha value is -3.39. The highest BCUT2D eigenvalue weighted by Crippen LogP contribution is 2.46. The molecule has 44 heavy (non-hydrogen) atoms. The Labute approximate surface area is 264 Å². The molecule has 0 spiro atoms. The van der Waals surface area contributed by atoms with Crippen LogP contribution in [0.15, 0.2) is 41.0 Å². The van der Waals surface area contributed by atoms with Crippen LogP contribution in [-0.2, 0) is 19.6 Å². The van der Waals surface area contributed by atoms with Gasteiger partial charge in [-0.2, -0.15) is 0 Å². The lowest BCUT2D eigenvalue weighted by Gasteiger charge is -2.30. The van der Waals surface area contributed by atoms with E-state index in [-0.39, 0.29) is 31.3 Å². The van der Waals surface area contributed by atoms with Crippen molar-refractivity contribution in [2.75, 3.05) is 27.2 Å². The zero-order chi connectivity index (χ0) is 31.2. The number of carbonyl (C=O) groups excluding carboxylic acids is 3. The van der Waals surface area contributed by atoms with Crippen molar-refractivity contribution in [2.45, 2.75) is 67.9 Å². The molecule has 4 aliphatic rings. The van der Waals surface area contributed by atoms with Crippen LogP contribution < -0.4 is 19.5 Å². The van der Waals surface area contributed by atoms with Gasteiger partial charge in [0.2, 0.25) is 21.8 Å². The maximum absolute atomic E-state index is 13.9. The number of sulfonamides is 1. The predicted molar refractivity (Wildman–Crippen MR) is 166 cm³/mol. The molecule has 1 aromatic heterocycles. The van der Waals surface area contributed by atoms with E-state index in [1.165, 1.54) is 4.90 Å². The Balaban J connectivity index is 1.27. The van der Waals surface area contributed by atoms with Gasteiger partial charge < -0.3 is 24.6 Å². The minimum atomic E-state index is -3.81. The van der Waals surface area contributed by atoms with Gasteiger partial charge in [-0.25, -0.2) is 18.2 Å². The molecular formula is C30H36BrN5O7S. The number of rotatable bonds is 6. The highest BCUT2D eigenvalue weighted by molar-refractivity contribution is 9.10. The van der Waals surface area contributed by atoms with E-state index in [2.05, 4.69) is 31.0 Å². The van der Waals surface area contributed by atoms with Crippen LogP contribution in [0.2, 0.25) is 0 Å². The van der Waals surface area contributed by atoms with E-state index < -0.39 is 44.8 Å². The SMILES string of the molecule is COc1ccc2c(OC3CC4C(=O)NC5(C(=O)NS(=O)(=O)C6CC6)CC5/C=C/CCCCN(C)C(=O)N4C3)nccc2c1Br. The molecule has 3 fully saturated rings. The molecule has 0 radical (unpaired) electrons. The van der Waals surface area contributed by atoms with Crippen LogP contribution >= 0.6 is 15.9 Å². The lowest BCUT2D eigenvalue weighted by molar-refractivity contribution is -0.131. The normalized spacial score (nSPS) is 28.4. The smallest absolute Gasteiger partial charge is 0.320 e. The summed E-state index contributed by atoms with van der Waals surface area (Å²) >= 11 is 3.58. The number of pyridine rings is 1. The fourth-order valence-electron chi connectivity index (χ4n) is 6.08. The second-order valence-electron chi connectivity index (χ2n) is 12.0. The summed E-state index contributed by atoms with van der Waals surface area (Å²) in [7, 11) is -0.521. The first-order valence-corrected chi connectivity index (χ1v) is 17.2. The average Bonchev–Trinajstić information content (AvgIpc) is 3.92. The molecule has 2 aliphatic carbocycles. The number of urea groups is 1. The van der Waals surface area contributed by atoms with Gasteiger partial charge in [-0.15, -0.1) is 0 Å². The lowest BCUT2D eigenvalue weighted by Crippen LogP contribution is -2.57. The summed E-state index contributed by atoms with van der Waals surface area (Å²) < 4.78 is 40.0. The molecule has 4 amide bonds. The Kier molecular flexibility index (Phi) is 8.24. The molecule has 1 saturated heterocycles. The molecule has 2 N–H and O–H groups in total. The standard InChI is InChI=1S/C30H36BrN5O7S/c1-35-14-6-4-3-5-7-18-16-30(18,28(38)34-44(40,41)20-8-9-20)33-26(37)23-15-19(17-36(23)29(35)39)43-27-22-10-11-24(42-2)25(31)21(22)12-13-32-27/h5,7,10-13,18-20,23H,3-4,6,8-9,14-17H2,1-2H3,(H,33,37)(H,34,38)/b7-5+. The number of methoxy groups -OCH3 is 1. The molecule has 3 heterocycles. The summed E-state index contributed by atoms with van der Waals surface area (Å²) in [5, 5.41) is 3.87. The predicted octanol–water partition coefficient (Wildman–Crippen LogP) is 3.10. The Morgan fingerprint density at radius 3 is 2.73 bits per heavy atom. The first-order chi connectivity index (χ1) is 21.0. The van der Waals surface area contributed by atoms with Crippen molar-refractivity contribution in [3.63, 3.8) is 0 Å². The maximum Gasteiger partial charge on any atom is 0.320 e. The molecule has 1 aromatic carbocycles. The zero-order valence-corrected chi connectivity index (χ0v) is 27.0. The monoisotopic (exact) mass is 689 g/mol. The van der Waals surface area contributed by atoms with Crippen LogP contribution in [0.3, 0.4) is 0 Å². The number of hydrogen-bond acceptors (Lipinski definition) is 8. The van der Waals surface area contributed by atoms with E-state index in [1.807, 2.05) is 24.3 Å². The molecular weight excluding hydrogens is 654 g/mol. The van der Waals surface area contributed by atoms with Crippen molar-refractivity contribution in [3.05, 3.63) is 41.0 Å². The number of halogens is 1. The largest absolute Gasteiger partial charge is 0.496 e. The summed E-state index contributed by atoms with van der Waals surface area (Å²) in [6.07, 6.45) is 8.73. The highest BCUT2D eigenvalue weighted by Gasteiger charge is 2.62. The molecule has 6 rings (SSSR count). The molecule has 2 aliphatic heterocycles. The molecule has 236 valence electrons. The number of carbonyl (C=O) groups is 3. The first-order valence-electron chi connectivity index (χ1n) is 14.9. The van der Waals surface area contributed by atoms with E-state index in [4.69, 9.17) is 9.47 Å². The summed E-state index contributed by atoms with van der Waals surface area (Å²) in [5.74, 6) is -0.590. The molecule has 4 unspecified atom stereocenters. The van der Waals surface area contributed by atoms with Crippen LogP contribution in [0.4, 0.5) is 4.79 Å². The molecule has 2 aromatic rings. The third-order valence-corrected chi connectivity index (χ3v) is 11.5. The van der Waals surface area contributed by atoms with Gasteiger partial charge in [0.15, 0.2) is 0 Å². The van der Waals surface area contributed by atoms with Crippen molar-refractivity contribution in [1.29, 1.82) is 0 Å². The molecule has 2 saturated carbocycles. The summed E-state index contributed by atoms with van der Waals surface area (Å²) in [6, 6.07) is 4.24. The van der Waals surface area contributed by atoms with Crippen LogP contribution in [0.5, 0.6) is 11.6 Å². The van der Waals surface area contributed by atoms with Gasteiger partial charge in [0, 0.05) is 42.9 Å². The number of nitrogens with zero attached hydrogens (tertiary/aromatic N) is 3. The summed E-state index contributed by atoms with van der Waals surface area (Å²) in [6.45, 7) is 0.661. The molecule has 14 heteroatoms. The molecule has 12 nitrogen and oxygen atoms in total. The topological polar surface area (TPSA) is 147 Å². The molecule has 4 atom stereocenters. The maximum atomic E-state index is 13.9. The third kappa shape index (κ3) is 5.85. The van der Waals surface area contributed by atoms with E-state index in [1.54, 1.807) is 31.3 Å². The van der Waals surface area contributed by atoms with Crippen molar-refractivity contribution < 1.29 is 32.3 Å². The highest BCUT2D eigenvalue weighted by atomic mass is 79.9. The first kappa shape index (κ1) is 30.6. The summed E-state index contributed by atoms with van der Waals surface area (Å²) in [5.41, 5.74) is -1.40. The van der Waals surface area contributed by atoms with Gasteiger partial charge in [-0.05, 0) is 72.7 Å². The van der Waals surface area contributed by atoms with E-state index in [0.29, 0.717) is 31.0 Å². The van der Waals surface area contributed by atoms with Crippen molar-refractivity contribution in [2.24, 2.45) is 5.92 Å². The number of fused-ring (bicyclic) bond motifs is 3. The second kappa shape index (κ2) is 11.8. The fraction of sp³-hybridized carbons (Fsp3) is 0.533.